The van der Waals surface area contributed by atoms with Crippen molar-refractivity contribution < 1.29 is 26.6 Å². The van der Waals surface area contributed by atoms with Crippen LogP contribution >= 0.6 is 11.3 Å². The molecule has 0 aliphatic rings. The van der Waals surface area contributed by atoms with Gasteiger partial charge in [0.2, 0.25) is 19.9 Å². The van der Waals surface area contributed by atoms with Crippen LogP contribution in [0.1, 0.15) is 10.4 Å². The molecule has 1 amide bonds. The van der Waals surface area contributed by atoms with Gasteiger partial charge in [0.05, 0.1) is 20.9 Å². The van der Waals surface area contributed by atoms with Gasteiger partial charge in [-0.2, -0.15) is 0 Å². The third-order valence-corrected chi connectivity index (χ3v) is 9.16. The Morgan fingerprint density at radius 2 is 1.72 bits per heavy atom. The highest BCUT2D eigenvalue weighted by molar-refractivity contribution is 7.93. The number of nitro benzene ring substituents is 1. The second kappa shape index (κ2) is 8.74. The molecule has 1 N–H and O–H groups in total. The van der Waals surface area contributed by atoms with Crippen LogP contribution in [0.15, 0.2) is 68.7 Å². The number of aromatic nitrogens is 1. The molecule has 0 unspecified atom stereocenters. The second-order valence-corrected chi connectivity index (χ2v) is 11.9. The SMILES string of the molecule is CN(C)S(=O)(=O)c1cccc(C(=O)Nc2ncc(S(=O)(=O)c3ccc([N+](=O)[O-])cc3)s2)c1. The lowest BCUT2D eigenvalue weighted by Gasteiger charge is -2.12. The topological polar surface area (TPSA) is 157 Å². The molecule has 0 atom stereocenters. The van der Waals surface area contributed by atoms with Gasteiger partial charge in [0, 0.05) is 31.8 Å². The monoisotopic (exact) mass is 496 g/mol. The Morgan fingerprint density at radius 3 is 2.31 bits per heavy atom. The molecule has 168 valence electrons. The van der Waals surface area contributed by atoms with Crippen molar-refractivity contribution in [1.82, 2.24) is 9.29 Å². The van der Waals surface area contributed by atoms with E-state index in [1.807, 2.05) is 0 Å². The first-order chi connectivity index (χ1) is 14.9. The van der Waals surface area contributed by atoms with Crippen molar-refractivity contribution in [3.8, 4) is 0 Å². The van der Waals surface area contributed by atoms with E-state index in [0.29, 0.717) is 11.3 Å². The molecule has 0 aliphatic heterocycles. The number of carbonyl (C=O) groups excluding carboxylic acids is 1. The number of nitrogens with one attached hydrogen (secondary N) is 1. The van der Waals surface area contributed by atoms with Crippen molar-refractivity contribution in [2.75, 3.05) is 19.4 Å². The van der Waals surface area contributed by atoms with Crippen LogP contribution in [0.25, 0.3) is 0 Å². The summed E-state index contributed by atoms with van der Waals surface area (Å²) in [6, 6.07) is 9.75. The maximum Gasteiger partial charge on any atom is 0.269 e. The summed E-state index contributed by atoms with van der Waals surface area (Å²) in [7, 11) is -5.01. The zero-order valence-corrected chi connectivity index (χ0v) is 19.1. The van der Waals surface area contributed by atoms with Crippen molar-refractivity contribution in [2.24, 2.45) is 0 Å². The van der Waals surface area contributed by atoms with E-state index in [2.05, 4.69) is 10.3 Å². The van der Waals surface area contributed by atoms with Gasteiger partial charge in [-0.3, -0.25) is 20.2 Å². The average Bonchev–Trinajstić information content (AvgIpc) is 3.23. The molecule has 0 aliphatic carbocycles. The standard InChI is InChI=1S/C18H16N4O7S3/c1-21(2)32(28,29)15-5-3-4-12(10-15)17(23)20-18-19-11-16(30-18)31(26,27)14-8-6-13(7-9-14)22(24)25/h3-11H,1-2H3,(H,19,20,23). The molecular formula is C18H16N4O7S3. The first-order valence-electron chi connectivity index (χ1n) is 8.72. The number of amides is 1. The predicted octanol–water partition coefficient (Wildman–Crippen LogP) is 2.39. The smallest absolute Gasteiger partial charge is 0.269 e. The molecule has 1 aromatic heterocycles. The highest BCUT2D eigenvalue weighted by atomic mass is 32.2. The van der Waals surface area contributed by atoms with Crippen LogP contribution in [-0.2, 0) is 19.9 Å². The number of hydrogen-bond donors (Lipinski definition) is 1. The molecule has 3 rings (SSSR count). The highest BCUT2D eigenvalue weighted by Crippen LogP contribution is 2.29. The minimum atomic E-state index is -4.00. The maximum atomic E-state index is 12.7. The number of hydrogen-bond acceptors (Lipinski definition) is 9. The van der Waals surface area contributed by atoms with Crippen LogP contribution in [0.5, 0.6) is 0 Å². The van der Waals surface area contributed by atoms with Gasteiger partial charge in [-0.25, -0.2) is 26.1 Å². The predicted molar refractivity (Wildman–Crippen MR) is 116 cm³/mol. The number of nitro groups is 1. The molecule has 0 radical (unpaired) electrons. The lowest BCUT2D eigenvalue weighted by Crippen LogP contribution is -2.22. The minimum absolute atomic E-state index is 0.0173. The number of rotatable bonds is 7. The van der Waals surface area contributed by atoms with E-state index in [1.165, 1.54) is 38.4 Å². The van der Waals surface area contributed by atoms with Gasteiger partial charge in [-0.15, -0.1) is 0 Å². The van der Waals surface area contributed by atoms with Crippen molar-refractivity contribution in [2.45, 2.75) is 14.0 Å². The quantitative estimate of drug-likeness (QED) is 0.386. The molecule has 2 aromatic carbocycles. The van der Waals surface area contributed by atoms with Crippen molar-refractivity contribution in [3.63, 3.8) is 0 Å². The Hall–Kier alpha value is -3.20. The fourth-order valence-electron chi connectivity index (χ4n) is 2.48. The second-order valence-electron chi connectivity index (χ2n) is 6.51. The number of thiazole rings is 1. The van der Waals surface area contributed by atoms with Gasteiger partial charge in [-0.05, 0) is 30.3 Å². The summed E-state index contributed by atoms with van der Waals surface area (Å²) in [5, 5.41) is 13.2. The molecule has 1 heterocycles. The van der Waals surface area contributed by atoms with Gasteiger partial charge < -0.3 is 0 Å². The molecule has 14 heteroatoms. The number of sulfone groups is 1. The molecule has 0 fully saturated rings. The van der Waals surface area contributed by atoms with Crippen LogP contribution in [-0.4, -0.2) is 51.1 Å². The van der Waals surface area contributed by atoms with Crippen LogP contribution < -0.4 is 5.32 Å². The number of non-ortho nitro benzene ring substituents is 1. The molecule has 0 bridgehead atoms. The van der Waals surface area contributed by atoms with Gasteiger partial charge in [0.1, 0.15) is 4.21 Å². The summed E-state index contributed by atoms with van der Waals surface area (Å²) in [5.41, 5.74) is -0.206. The van der Waals surface area contributed by atoms with Crippen LogP contribution in [0.4, 0.5) is 10.8 Å². The lowest BCUT2D eigenvalue weighted by atomic mass is 10.2. The largest absolute Gasteiger partial charge is 0.298 e. The zero-order chi connectivity index (χ0) is 23.7. The number of benzene rings is 2. The molecule has 0 saturated carbocycles. The summed E-state index contributed by atoms with van der Waals surface area (Å²) in [6.45, 7) is 0. The third kappa shape index (κ3) is 4.67. The molecule has 32 heavy (non-hydrogen) atoms. The summed E-state index contributed by atoms with van der Waals surface area (Å²) in [6.07, 6.45) is 1.06. The molecule has 3 aromatic rings. The number of nitrogens with zero attached hydrogens (tertiary/aromatic N) is 3. The van der Waals surface area contributed by atoms with Crippen LogP contribution in [0.3, 0.4) is 0 Å². The molecule has 11 nitrogen and oxygen atoms in total. The third-order valence-electron chi connectivity index (χ3n) is 4.20. The van der Waals surface area contributed by atoms with E-state index in [0.717, 1.165) is 34.8 Å². The van der Waals surface area contributed by atoms with Gasteiger partial charge in [-0.1, -0.05) is 17.4 Å². The first kappa shape index (κ1) is 23.5. The molecule has 0 spiro atoms. The minimum Gasteiger partial charge on any atom is -0.298 e. The van der Waals surface area contributed by atoms with Crippen LogP contribution in [0, 0.1) is 10.1 Å². The average molecular weight is 497 g/mol. The Labute approximate surface area is 187 Å². The fraction of sp³-hybridized carbons (Fsp3) is 0.111. The number of sulfonamides is 1. The van der Waals surface area contributed by atoms with Crippen molar-refractivity contribution >= 4 is 47.9 Å². The maximum absolute atomic E-state index is 12.7. The summed E-state index contributed by atoms with van der Waals surface area (Å²) < 4.78 is 50.8. The van der Waals surface area contributed by atoms with E-state index in [-0.39, 0.29) is 30.4 Å². The van der Waals surface area contributed by atoms with E-state index in [1.54, 1.807) is 0 Å². The fourth-order valence-corrected chi connectivity index (χ4v) is 5.86. The Bertz CT molecular complexity index is 1400. The van der Waals surface area contributed by atoms with E-state index in [9.17, 15) is 31.7 Å². The van der Waals surface area contributed by atoms with E-state index in [4.69, 9.17) is 0 Å². The summed E-state index contributed by atoms with van der Waals surface area (Å²) in [4.78, 5) is 26.3. The Balaban J connectivity index is 1.82. The molecular weight excluding hydrogens is 480 g/mol. The van der Waals surface area contributed by atoms with Crippen molar-refractivity contribution in [3.05, 3.63) is 70.4 Å². The molecule has 0 saturated heterocycles. The van der Waals surface area contributed by atoms with E-state index < -0.39 is 30.7 Å². The van der Waals surface area contributed by atoms with Gasteiger partial charge in [0.25, 0.3) is 11.6 Å². The summed E-state index contributed by atoms with van der Waals surface area (Å²) >= 11 is 0.691. The summed E-state index contributed by atoms with van der Waals surface area (Å²) in [5.74, 6) is -0.672. The van der Waals surface area contributed by atoms with Crippen molar-refractivity contribution in [1.29, 1.82) is 0 Å². The van der Waals surface area contributed by atoms with E-state index >= 15 is 0 Å². The normalized spacial score (nSPS) is 12.0. The first-order valence-corrected chi connectivity index (χ1v) is 12.5. The van der Waals surface area contributed by atoms with Gasteiger partial charge >= 0.3 is 0 Å². The highest BCUT2D eigenvalue weighted by Gasteiger charge is 2.23. The Morgan fingerprint density at radius 1 is 1.06 bits per heavy atom. The van der Waals surface area contributed by atoms with Gasteiger partial charge in [0.15, 0.2) is 5.13 Å². The lowest BCUT2D eigenvalue weighted by molar-refractivity contribution is -0.384. The van der Waals surface area contributed by atoms with Crippen LogP contribution in [0.2, 0.25) is 0 Å². The number of anilines is 1. The Kier molecular flexibility index (Phi) is 6.41. The zero-order valence-electron chi connectivity index (χ0n) is 16.6. The number of carbonyl (C=O) groups is 1.